The first-order chi connectivity index (χ1) is 9.67. The van der Waals surface area contributed by atoms with Crippen LogP contribution in [0.2, 0.25) is 0 Å². The molecule has 0 spiro atoms. The number of alkyl halides is 3. The first-order valence-electron chi connectivity index (χ1n) is 5.99. The van der Waals surface area contributed by atoms with Gasteiger partial charge in [0, 0.05) is 6.08 Å². The van der Waals surface area contributed by atoms with Crippen molar-refractivity contribution in [2.75, 3.05) is 13.1 Å². The topological polar surface area (TPSA) is 57.6 Å². The Hall–Kier alpha value is -2.31. The van der Waals surface area contributed by atoms with Crippen LogP contribution in [0.1, 0.15) is 11.1 Å². The van der Waals surface area contributed by atoms with Gasteiger partial charge in [0.15, 0.2) is 0 Å². The van der Waals surface area contributed by atoms with E-state index < -0.39 is 31.1 Å². The van der Waals surface area contributed by atoms with Gasteiger partial charge in [0.25, 0.3) is 0 Å². The van der Waals surface area contributed by atoms with Crippen molar-refractivity contribution in [1.29, 1.82) is 0 Å². The zero-order valence-corrected chi connectivity index (χ0v) is 11.2. The van der Waals surface area contributed by atoms with Crippen LogP contribution in [-0.2, 0) is 9.59 Å². The zero-order chi connectivity index (χ0) is 16.0. The summed E-state index contributed by atoms with van der Waals surface area (Å²) in [6, 6.07) is 7.00. The number of aliphatic carboxylic acids is 1. The average molecular weight is 301 g/mol. The van der Waals surface area contributed by atoms with Gasteiger partial charge in [-0.2, -0.15) is 13.2 Å². The van der Waals surface area contributed by atoms with Gasteiger partial charge < -0.3 is 10.0 Å². The van der Waals surface area contributed by atoms with Crippen LogP contribution in [0.5, 0.6) is 0 Å². The molecule has 1 rings (SSSR count). The smallest absolute Gasteiger partial charge is 0.406 e. The number of nitrogens with zero attached hydrogens (tertiary/aromatic N) is 1. The highest BCUT2D eigenvalue weighted by Crippen LogP contribution is 2.17. The molecule has 1 N–H and O–H groups in total. The molecule has 0 aromatic heterocycles. The second-order valence-electron chi connectivity index (χ2n) is 4.45. The molecule has 1 aromatic carbocycles. The molecule has 7 heteroatoms. The maximum absolute atomic E-state index is 12.3. The van der Waals surface area contributed by atoms with Gasteiger partial charge in [-0.1, -0.05) is 29.8 Å². The number of hydrogen-bond acceptors (Lipinski definition) is 2. The van der Waals surface area contributed by atoms with Crippen molar-refractivity contribution in [1.82, 2.24) is 4.90 Å². The summed E-state index contributed by atoms with van der Waals surface area (Å²) < 4.78 is 37.0. The standard InChI is InChI=1S/C14H14F3NO3/c1-10-3-2-4-11(7-10)5-6-12(19)18(8-13(20)21)9-14(15,16)17/h2-7H,8-9H2,1H3,(H,20,21). The SMILES string of the molecule is Cc1cccc(C=CC(=O)N(CC(=O)O)CC(F)(F)F)c1. The zero-order valence-electron chi connectivity index (χ0n) is 11.2. The van der Waals surface area contributed by atoms with Crippen LogP contribution in [-0.4, -0.2) is 41.1 Å². The van der Waals surface area contributed by atoms with Crippen LogP contribution >= 0.6 is 0 Å². The highest BCUT2D eigenvalue weighted by Gasteiger charge is 2.33. The van der Waals surface area contributed by atoms with Crippen molar-refractivity contribution in [2.24, 2.45) is 0 Å². The van der Waals surface area contributed by atoms with Gasteiger partial charge in [0.1, 0.15) is 13.1 Å². The number of hydrogen-bond donors (Lipinski definition) is 1. The van der Waals surface area contributed by atoms with Crippen molar-refractivity contribution in [3.8, 4) is 0 Å². The number of carboxylic acid groups (broad SMARTS) is 1. The Labute approximate surface area is 119 Å². The van der Waals surface area contributed by atoms with Gasteiger partial charge in [-0.05, 0) is 18.6 Å². The van der Waals surface area contributed by atoms with E-state index in [1.54, 1.807) is 18.2 Å². The Morgan fingerprint density at radius 2 is 2.00 bits per heavy atom. The Morgan fingerprint density at radius 3 is 2.52 bits per heavy atom. The van der Waals surface area contributed by atoms with Gasteiger partial charge in [-0.25, -0.2) is 0 Å². The Morgan fingerprint density at radius 1 is 1.33 bits per heavy atom. The normalized spacial score (nSPS) is 11.6. The van der Waals surface area contributed by atoms with Crippen molar-refractivity contribution in [3.05, 3.63) is 41.5 Å². The summed E-state index contributed by atoms with van der Waals surface area (Å²) in [6.45, 7) is -0.771. The van der Waals surface area contributed by atoms with E-state index in [9.17, 15) is 22.8 Å². The van der Waals surface area contributed by atoms with E-state index in [1.807, 2.05) is 13.0 Å². The molecule has 0 radical (unpaired) electrons. The predicted molar refractivity (Wildman–Crippen MR) is 70.5 cm³/mol. The van der Waals surface area contributed by atoms with Crippen molar-refractivity contribution < 1.29 is 27.9 Å². The van der Waals surface area contributed by atoms with E-state index in [-0.39, 0.29) is 4.90 Å². The third-order valence-corrected chi connectivity index (χ3v) is 2.47. The van der Waals surface area contributed by atoms with E-state index in [2.05, 4.69) is 0 Å². The lowest BCUT2D eigenvalue weighted by atomic mass is 10.1. The fraction of sp³-hybridized carbons (Fsp3) is 0.286. The minimum Gasteiger partial charge on any atom is -0.480 e. The van der Waals surface area contributed by atoms with Gasteiger partial charge >= 0.3 is 12.1 Å². The molecule has 1 amide bonds. The lowest BCUT2D eigenvalue weighted by molar-refractivity contribution is -0.163. The molecular formula is C14H14F3NO3. The molecule has 0 fully saturated rings. The van der Waals surface area contributed by atoms with Crippen LogP contribution in [0.3, 0.4) is 0 Å². The maximum Gasteiger partial charge on any atom is 0.406 e. The Bertz CT molecular complexity index is 553. The fourth-order valence-electron chi connectivity index (χ4n) is 1.64. The van der Waals surface area contributed by atoms with Gasteiger partial charge in [0.05, 0.1) is 0 Å². The quantitative estimate of drug-likeness (QED) is 0.850. The van der Waals surface area contributed by atoms with Crippen LogP contribution in [0.4, 0.5) is 13.2 Å². The average Bonchev–Trinajstić information content (AvgIpc) is 2.33. The van der Waals surface area contributed by atoms with Gasteiger partial charge in [-0.15, -0.1) is 0 Å². The molecule has 0 aliphatic carbocycles. The van der Waals surface area contributed by atoms with Crippen LogP contribution in [0, 0.1) is 6.92 Å². The molecule has 0 atom stereocenters. The van der Waals surface area contributed by atoms with Crippen molar-refractivity contribution >= 4 is 18.0 Å². The number of halogens is 3. The number of carbonyl (C=O) groups excluding carboxylic acids is 1. The molecule has 0 aliphatic heterocycles. The minimum absolute atomic E-state index is 0.231. The number of aryl methyl sites for hydroxylation is 1. The monoisotopic (exact) mass is 301 g/mol. The number of rotatable bonds is 5. The van der Waals surface area contributed by atoms with Crippen LogP contribution in [0.25, 0.3) is 6.08 Å². The van der Waals surface area contributed by atoms with Gasteiger partial charge in [0.2, 0.25) is 5.91 Å². The molecule has 114 valence electrons. The summed E-state index contributed by atoms with van der Waals surface area (Å²) in [5.41, 5.74) is 1.58. The summed E-state index contributed by atoms with van der Waals surface area (Å²) in [5, 5.41) is 8.57. The summed E-state index contributed by atoms with van der Waals surface area (Å²) in [4.78, 5) is 22.5. The second-order valence-corrected chi connectivity index (χ2v) is 4.45. The molecule has 0 saturated carbocycles. The molecular weight excluding hydrogens is 287 g/mol. The molecule has 4 nitrogen and oxygen atoms in total. The summed E-state index contributed by atoms with van der Waals surface area (Å²) >= 11 is 0. The molecule has 0 heterocycles. The number of carbonyl (C=O) groups is 2. The number of carboxylic acids is 1. The van der Waals surface area contributed by atoms with E-state index >= 15 is 0 Å². The van der Waals surface area contributed by atoms with E-state index in [0.29, 0.717) is 5.56 Å². The summed E-state index contributed by atoms with van der Waals surface area (Å²) in [5.74, 6) is -2.51. The number of amides is 1. The highest BCUT2D eigenvalue weighted by molar-refractivity contribution is 5.93. The Kier molecular flexibility index (Phi) is 5.52. The Balaban J connectivity index is 2.82. The van der Waals surface area contributed by atoms with Crippen LogP contribution in [0.15, 0.2) is 30.3 Å². The molecule has 0 saturated heterocycles. The maximum atomic E-state index is 12.3. The lowest BCUT2D eigenvalue weighted by Crippen LogP contribution is -2.41. The highest BCUT2D eigenvalue weighted by atomic mass is 19.4. The van der Waals surface area contributed by atoms with Crippen molar-refractivity contribution in [2.45, 2.75) is 13.1 Å². The number of benzene rings is 1. The summed E-state index contributed by atoms with van der Waals surface area (Å²) in [6.07, 6.45) is -2.37. The largest absolute Gasteiger partial charge is 0.480 e. The third-order valence-electron chi connectivity index (χ3n) is 2.47. The lowest BCUT2D eigenvalue weighted by Gasteiger charge is -2.20. The molecule has 0 bridgehead atoms. The first-order valence-corrected chi connectivity index (χ1v) is 5.99. The molecule has 1 aromatic rings. The van der Waals surface area contributed by atoms with E-state index in [4.69, 9.17) is 5.11 Å². The predicted octanol–water partition coefficient (Wildman–Crippen LogP) is 2.48. The first kappa shape index (κ1) is 16.7. The third kappa shape index (κ3) is 6.60. The minimum atomic E-state index is -4.65. The van der Waals surface area contributed by atoms with E-state index in [0.717, 1.165) is 11.6 Å². The summed E-state index contributed by atoms with van der Waals surface area (Å²) in [7, 11) is 0. The van der Waals surface area contributed by atoms with Crippen molar-refractivity contribution in [3.63, 3.8) is 0 Å². The van der Waals surface area contributed by atoms with E-state index in [1.165, 1.54) is 6.08 Å². The fourth-order valence-corrected chi connectivity index (χ4v) is 1.64. The van der Waals surface area contributed by atoms with Crippen LogP contribution < -0.4 is 0 Å². The molecule has 0 aliphatic rings. The second kappa shape index (κ2) is 6.92. The molecule has 21 heavy (non-hydrogen) atoms. The van der Waals surface area contributed by atoms with Gasteiger partial charge in [-0.3, -0.25) is 9.59 Å². The molecule has 0 unspecified atom stereocenters.